The van der Waals surface area contributed by atoms with Crippen molar-refractivity contribution in [2.45, 2.75) is 19.4 Å². The van der Waals surface area contributed by atoms with Crippen LogP contribution in [0.3, 0.4) is 0 Å². The monoisotopic (exact) mass is 274 g/mol. The number of aliphatic hydroxyl groups excluding tert-OH is 1. The molecule has 1 aromatic rings. The van der Waals surface area contributed by atoms with Crippen LogP contribution in [0.5, 0.6) is 11.5 Å². The maximum atomic E-state index is 9.33. The Balaban J connectivity index is 3.11. The lowest BCUT2D eigenvalue weighted by molar-refractivity contribution is 0.195. The third kappa shape index (κ3) is 2.86. The summed E-state index contributed by atoms with van der Waals surface area (Å²) in [4.78, 5) is 0. The SMILES string of the molecule is COc1ccc(C[C@@H](C)O)c(Br)c1OC. The summed E-state index contributed by atoms with van der Waals surface area (Å²) in [5, 5.41) is 9.33. The topological polar surface area (TPSA) is 38.7 Å². The van der Waals surface area contributed by atoms with E-state index in [1.807, 2.05) is 12.1 Å². The summed E-state index contributed by atoms with van der Waals surface area (Å²) >= 11 is 3.45. The van der Waals surface area contributed by atoms with E-state index in [1.54, 1.807) is 21.1 Å². The molecular weight excluding hydrogens is 260 g/mol. The molecule has 0 aliphatic carbocycles. The van der Waals surface area contributed by atoms with Crippen molar-refractivity contribution in [3.63, 3.8) is 0 Å². The summed E-state index contributed by atoms with van der Waals surface area (Å²) < 4.78 is 11.2. The van der Waals surface area contributed by atoms with Gasteiger partial charge in [-0.05, 0) is 40.9 Å². The van der Waals surface area contributed by atoms with Gasteiger partial charge in [0.2, 0.25) is 0 Å². The number of aliphatic hydroxyl groups is 1. The Morgan fingerprint density at radius 2 is 2.00 bits per heavy atom. The van der Waals surface area contributed by atoms with Crippen LogP contribution in [0.2, 0.25) is 0 Å². The van der Waals surface area contributed by atoms with Crippen molar-refractivity contribution in [3.05, 3.63) is 22.2 Å². The Hall–Kier alpha value is -0.740. The zero-order chi connectivity index (χ0) is 11.4. The van der Waals surface area contributed by atoms with Crippen molar-refractivity contribution in [2.24, 2.45) is 0 Å². The van der Waals surface area contributed by atoms with Gasteiger partial charge in [0, 0.05) is 0 Å². The Kier molecular flexibility index (Phi) is 4.42. The molecular formula is C11H15BrO3. The molecule has 3 nitrogen and oxygen atoms in total. The first kappa shape index (κ1) is 12.3. The molecule has 0 bridgehead atoms. The Morgan fingerprint density at radius 1 is 1.33 bits per heavy atom. The lowest BCUT2D eigenvalue weighted by atomic mass is 10.1. The van der Waals surface area contributed by atoms with E-state index in [-0.39, 0.29) is 6.10 Å². The van der Waals surface area contributed by atoms with Gasteiger partial charge in [-0.3, -0.25) is 0 Å². The van der Waals surface area contributed by atoms with Crippen LogP contribution in [0.4, 0.5) is 0 Å². The van der Waals surface area contributed by atoms with Gasteiger partial charge in [0.25, 0.3) is 0 Å². The Labute approximate surface area is 98.1 Å². The first-order chi connectivity index (χ1) is 7.10. The fourth-order valence-corrected chi connectivity index (χ4v) is 2.06. The molecule has 0 aliphatic rings. The van der Waals surface area contributed by atoms with Crippen molar-refractivity contribution in [1.82, 2.24) is 0 Å². The molecule has 1 rings (SSSR count). The predicted molar refractivity (Wildman–Crippen MR) is 62.6 cm³/mol. The minimum Gasteiger partial charge on any atom is -0.493 e. The minimum absolute atomic E-state index is 0.376. The van der Waals surface area contributed by atoms with Crippen LogP contribution in [-0.2, 0) is 6.42 Å². The minimum atomic E-state index is -0.376. The summed E-state index contributed by atoms with van der Waals surface area (Å²) in [5.41, 5.74) is 1.00. The van der Waals surface area contributed by atoms with Gasteiger partial charge in [-0.15, -0.1) is 0 Å². The molecule has 0 fully saturated rings. The van der Waals surface area contributed by atoms with E-state index in [0.29, 0.717) is 17.9 Å². The molecule has 1 aromatic carbocycles. The maximum absolute atomic E-state index is 9.33. The quantitative estimate of drug-likeness (QED) is 0.917. The molecule has 0 saturated heterocycles. The highest BCUT2D eigenvalue weighted by molar-refractivity contribution is 9.10. The third-order valence-corrected chi connectivity index (χ3v) is 2.95. The van der Waals surface area contributed by atoms with E-state index in [4.69, 9.17) is 9.47 Å². The number of rotatable bonds is 4. The Bertz CT molecular complexity index is 337. The Morgan fingerprint density at radius 3 is 2.47 bits per heavy atom. The second kappa shape index (κ2) is 5.37. The number of methoxy groups -OCH3 is 2. The first-order valence-corrected chi connectivity index (χ1v) is 5.46. The van der Waals surface area contributed by atoms with Crippen LogP contribution in [0.25, 0.3) is 0 Å². The zero-order valence-corrected chi connectivity index (χ0v) is 10.7. The van der Waals surface area contributed by atoms with Crippen molar-refractivity contribution in [1.29, 1.82) is 0 Å². The maximum Gasteiger partial charge on any atom is 0.175 e. The number of ether oxygens (including phenoxy) is 2. The molecule has 0 saturated carbocycles. The molecule has 0 unspecified atom stereocenters. The molecule has 84 valence electrons. The average Bonchev–Trinajstić information content (AvgIpc) is 2.20. The summed E-state index contributed by atoms with van der Waals surface area (Å²) in [6.45, 7) is 1.75. The van der Waals surface area contributed by atoms with Crippen LogP contribution in [-0.4, -0.2) is 25.4 Å². The molecule has 0 aromatic heterocycles. The third-order valence-electron chi connectivity index (χ3n) is 2.08. The second-order valence-electron chi connectivity index (χ2n) is 3.33. The molecule has 15 heavy (non-hydrogen) atoms. The van der Waals surface area contributed by atoms with Crippen molar-refractivity contribution >= 4 is 15.9 Å². The highest BCUT2D eigenvalue weighted by atomic mass is 79.9. The van der Waals surface area contributed by atoms with Gasteiger partial charge < -0.3 is 14.6 Å². The highest BCUT2D eigenvalue weighted by Crippen LogP contribution is 2.37. The lowest BCUT2D eigenvalue weighted by Gasteiger charge is -2.13. The summed E-state index contributed by atoms with van der Waals surface area (Å²) in [5.74, 6) is 1.34. The van der Waals surface area contributed by atoms with Crippen molar-refractivity contribution in [3.8, 4) is 11.5 Å². The van der Waals surface area contributed by atoms with Gasteiger partial charge in [0.05, 0.1) is 24.8 Å². The van der Waals surface area contributed by atoms with Crippen LogP contribution in [0.15, 0.2) is 16.6 Å². The average molecular weight is 275 g/mol. The van der Waals surface area contributed by atoms with Gasteiger partial charge in [0.15, 0.2) is 11.5 Å². The molecule has 1 atom stereocenters. The fourth-order valence-electron chi connectivity index (χ4n) is 1.41. The van der Waals surface area contributed by atoms with E-state index in [2.05, 4.69) is 15.9 Å². The lowest BCUT2D eigenvalue weighted by Crippen LogP contribution is -2.05. The highest BCUT2D eigenvalue weighted by Gasteiger charge is 2.13. The van der Waals surface area contributed by atoms with Gasteiger partial charge in [0.1, 0.15) is 0 Å². The fraction of sp³-hybridized carbons (Fsp3) is 0.455. The summed E-state index contributed by atoms with van der Waals surface area (Å²) in [6.07, 6.45) is 0.209. The number of hydrogen-bond acceptors (Lipinski definition) is 3. The molecule has 0 heterocycles. The smallest absolute Gasteiger partial charge is 0.175 e. The van der Waals surface area contributed by atoms with E-state index in [9.17, 15) is 5.11 Å². The summed E-state index contributed by atoms with van der Waals surface area (Å²) in [7, 11) is 3.19. The van der Waals surface area contributed by atoms with Gasteiger partial charge >= 0.3 is 0 Å². The normalized spacial score (nSPS) is 12.3. The van der Waals surface area contributed by atoms with E-state index in [1.165, 1.54) is 0 Å². The van der Waals surface area contributed by atoms with Gasteiger partial charge in [-0.2, -0.15) is 0 Å². The van der Waals surface area contributed by atoms with Crippen molar-refractivity contribution in [2.75, 3.05) is 14.2 Å². The summed E-state index contributed by atoms with van der Waals surface area (Å²) in [6, 6.07) is 3.75. The largest absolute Gasteiger partial charge is 0.493 e. The van der Waals surface area contributed by atoms with E-state index >= 15 is 0 Å². The molecule has 0 aliphatic heterocycles. The van der Waals surface area contributed by atoms with E-state index < -0.39 is 0 Å². The van der Waals surface area contributed by atoms with Gasteiger partial charge in [-0.1, -0.05) is 6.07 Å². The van der Waals surface area contributed by atoms with E-state index in [0.717, 1.165) is 10.0 Å². The number of halogens is 1. The van der Waals surface area contributed by atoms with Crippen LogP contribution in [0, 0.1) is 0 Å². The molecule has 1 N–H and O–H groups in total. The molecule has 4 heteroatoms. The van der Waals surface area contributed by atoms with Crippen LogP contribution < -0.4 is 9.47 Å². The predicted octanol–water partition coefficient (Wildman–Crippen LogP) is 2.39. The first-order valence-electron chi connectivity index (χ1n) is 4.67. The molecule has 0 spiro atoms. The van der Waals surface area contributed by atoms with Crippen molar-refractivity contribution < 1.29 is 14.6 Å². The zero-order valence-electron chi connectivity index (χ0n) is 9.08. The van der Waals surface area contributed by atoms with Crippen LogP contribution in [0.1, 0.15) is 12.5 Å². The molecule has 0 amide bonds. The standard InChI is InChI=1S/C11H15BrO3/c1-7(13)6-8-4-5-9(14-2)11(15-3)10(8)12/h4-5,7,13H,6H2,1-3H3/t7-/m1/s1. The second-order valence-corrected chi connectivity index (χ2v) is 4.12. The number of hydrogen-bond donors (Lipinski definition) is 1. The van der Waals surface area contributed by atoms with Crippen LogP contribution >= 0.6 is 15.9 Å². The number of benzene rings is 1. The van der Waals surface area contributed by atoms with Gasteiger partial charge in [-0.25, -0.2) is 0 Å². The molecule has 0 radical (unpaired) electrons.